The summed E-state index contributed by atoms with van der Waals surface area (Å²) in [5, 5.41) is 0. The Kier molecular flexibility index (Phi) is 4.90. The van der Waals surface area contributed by atoms with Crippen LogP contribution < -0.4 is 0 Å². The van der Waals surface area contributed by atoms with Crippen molar-refractivity contribution in [3.8, 4) is 0 Å². The second-order valence-electron chi connectivity index (χ2n) is 9.27. The molecule has 2 nitrogen and oxygen atoms in total. The van der Waals surface area contributed by atoms with Gasteiger partial charge in [0.15, 0.2) is 0 Å². The number of ether oxygens (including phenoxy) is 2. The molecular formula is C20H36O2. The van der Waals surface area contributed by atoms with Gasteiger partial charge in [-0.3, -0.25) is 0 Å². The summed E-state index contributed by atoms with van der Waals surface area (Å²) >= 11 is 0. The van der Waals surface area contributed by atoms with Gasteiger partial charge < -0.3 is 9.47 Å². The minimum absolute atomic E-state index is 0.0571. The monoisotopic (exact) mass is 308 g/mol. The summed E-state index contributed by atoms with van der Waals surface area (Å²) in [4.78, 5) is 0. The molecule has 2 heteroatoms. The van der Waals surface area contributed by atoms with Gasteiger partial charge in [0.2, 0.25) is 0 Å². The predicted octanol–water partition coefficient (Wildman–Crippen LogP) is 5.20. The lowest BCUT2D eigenvalue weighted by Gasteiger charge is -2.50. The summed E-state index contributed by atoms with van der Waals surface area (Å²) in [6, 6.07) is 0. The highest BCUT2D eigenvalue weighted by Crippen LogP contribution is 2.48. The van der Waals surface area contributed by atoms with Gasteiger partial charge >= 0.3 is 0 Å². The van der Waals surface area contributed by atoms with E-state index in [2.05, 4.69) is 27.7 Å². The molecule has 1 saturated heterocycles. The van der Waals surface area contributed by atoms with E-state index in [1.807, 2.05) is 0 Å². The van der Waals surface area contributed by atoms with Crippen LogP contribution >= 0.6 is 0 Å². The fraction of sp³-hybridized carbons (Fsp3) is 1.00. The second kappa shape index (κ2) is 6.43. The quantitative estimate of drug-likeness (QED) is 0.710. The first-order valence-corrected chi connectivity index (χ1v) is 9.66. The third-order valence-corrected chi connectivity index (χ3v) is 6.98. The Morgan fingerprint density at radius 3 is 2.00 bits per heavy atom. The standard InChI is InChI=1S/C20H36O2/c1-15(2)16-5-7-18(8-6-16)22-19(3,4)17-9-11-20(12-10-17)13-21-14-20/h15-18H,5-14H2,1-4H3. The smallest absolute Gasteiger partial charge is 0.0658 e. The van der Waals surface area contributed by atoms with Gasteiger partial charge in [0, 0.05) is 5.41 Å². The maximum Gasteiger partial charge on any atom is 0.0658 e. The highest BCUT2D eigenvalue weighted by Gasteiger charge is 2.45. The third kappa shape index (κ3) is 3.53. The lowest BCUT2D eigenvalue weighted by molar-refractivity contribution is -0.167. The first kappa shape index (κ1) is 16.8. The minimum atomic E-state index is 0.0571. The fourth-order valence-corrected chi connectivity index (χ4v) is 5.00. The molecule has 3 rings (SSSR count). The summed E-state index contributed by atoms with van der Waals surface area (Å²) in [6.07, 6.45) is 11.2. The Hall–Kier alpha value is -0.0800. The van der Waals surface area contributed by atoms with Gasteiger partial charge in [0.05, 0.1) is 24.9 Å². The first-order chi connectivity index (χ1) is 10.4. The molecule has 0 N–H and O–H groups in total. The van der Waals surface area contributed by atoms with Crippen molar-refractivity contribution in [1.29, 1.82) is 0 Å². The Bertz CT molecular complexity index is 352. The van der Waals surface area contributed by atoms with Crippen LogP contribution in [0.2, 0.25) is 0 Å². The molecule has 0 aromatic heterocycles. The van der Waals surface area contributed by atoms with Crippen molar-refractivity contribution in [3.05, 3.63) is 0 Å². The molecule has 0 aromatic rings. The maximum atomic E-state index is 6.63. The lowest BCUT2D eigenvalue weighted by atomic mass is 9.66. The SMILES string of the molecule is CC(C)C1CCC(OC(C)(C)C2CCC3(CC2)COC3)CC1. The van der Waals surface area contributed by atoms with E-state index >= 15 is 0 Å². The molecule has 128 valence electrons. The Morgan fingerprint density at radius 1 is 0.955 bits per heavy atom. The molecule has 0 unspecified atom stereocenters. The summed E-state index contributed by atoms with van der Waals surface area (Å²) < 4.78 is 12.1. The summed E-state index contributed by atoms with van der Waals surface area (Å²) in [5.74, 6) is 2.51. The van der Waals surface area contributed by atoms with Crippen molar-refractivity contribution in [2.24, 2.45) is 23.2 Å². The van der Waals surface area contributed by atoms with Crippen LogP contribution in [-0.2, 0) is 9.47 Å². The molecule has 1 aliphatic heterocycles. The van der Waals surface area contributed by atoms with Crippen molar-refractivity contribution in [2.45, 2.75) is 90.8 Å². The lowest BCUT2D eigenvalue weighted by Crippen LogP contribution is -2.49. The molecule has 2 saturated carbocycles. The van der Waals surface area contributed by atoms with E-state index < -0.39 is 0 Å². The highest BCUT2D eigenvalue weighted by molar-refractivity contribution is 4.94. The van der Waals surface area contributed by atoms with Crippen LogP contribution in [0.5, 0.6) is 0 Å². The van der Waals surface area contributed by atoms with E-state index in [4.69, 9.17) is 9.47 Å². The largest absolute Gasteiger partial charge is 0.380 e. The highest BCUT2D eigenvalue weighted by atomic mass is 16.5. The fourth-order valence-electron chi connectivity index (χ4n) is 5.00. The van der Waals surface area contributed by atoms with E-state index in [1.165, 1.54) is 51.4 Å². The van der Waals surface area contributed by atoms with Gasteiger partial charge in [-0.1, -0.05) is 13.8 Å². The average molecular weight is 309 g/mol. The van der Waals surface area contributed by atoms with Gasteiger partial charge in [-0.2, -0.15) is 0 Å². The molecule has 0 radical (unpaired) electrons. The van der Waals surface area contributed by atoms with E-state index in [9.17, 15) is 0 Å². The van der Waals surface area contributed by atoms with Crippen molar-refractivity contribution in [3.63, 3.8) is 0 Å². The van der Waals surface area contributed by atoms with E-state index in [0.29, 0.717) is 11.5 Å². The minimum Gasteiger partial charge on any atom is -0.380 e. The molecule has 1 heterocycles. The number of rotatable bonds is 4. The molecule has 2 aliphatic carbocycles. The van der Waals surface area contributed by atoms with Gasteiger partial charge in [0.1, 0.15) is 0 Å². The van der Waals surface area contributed by atoms with Gasteiger partial charge in [-0.05, 0) is 83.0 Å². The molecule has 22 heavy (non-hydrogen) atoms. The Morgan fingerprint density at radius 2 is 1.55 bits per heavy atom. The number of hydrogen-bond donors (Lipinski definition) is 0. The molecule has 3 aliphatic rings. The van der Waals surface area contributed by atoms with Gasteiger partial charge in [-0.25, -0.2) is 0 Å². The van der Waals surface area contributed by atoms with Crippen LogP contribution in [0.25, 0.3) is 0 Å². The maximum absolute atomic E-state index is 6.63. The van der Waals surface area contributed by atoms with E-state index in [1.54, 1.807) is 0 Å². The van der Waals surface area contributed by atoms with Crippen molar-refractivity contribution < 1.29 is 9.47 Å². The van der Waals surface area contributed by atoms with E-state index in [-0.39, 0.29) is 5.60 Å². The molecule has 0 bridgehead atoms. The van der Waals surface area contributed by atoms with Crippen LogP contribution in [0, 0.1) is 23.2 Å². The Balaban J connectivity index is 1.47. The Labute approximate surface area is 137 Å². The summed E-state index contributed by atoms with van der Waals surface area (Å²) in [6.45, 7) is 11.5. The second-order valence-corrected chi connectivity index (χ2v) is 9.27. The molecule has 0 amide bonds. The van der Waals surface area contributed by atoms with Crippen LogP contribution in [0.4, 0.5) is 0 Å². The molecule has 1 spiro atoms. The van der Waals surface area contributed by atoms with Crippen molar-refractivity contribution in [1.82, 2.24) is 0 Å². The molecular weight excluding hydrogens is 272 g/mol. The van der Waals surface area contributed by atoms with Gasteiger partial charge in [-0.15, -0.1) is 0 Å². The van der Waals surface area contributed by atoms with Gasteiger partial charge in [0.25, 0.3) is 0 Å². The summed E-state index contributed by atoms with van der Waals surface area (Å²) in [5.41, 5.74) is 0.615. The zero-order valence-corrected chi connectivity index (χ0v) is 15.2. The molecule has 3 fully saturated rings. The number of hydrogen-bond acceptors (Lipinski definition) is 2. The zero-order valence-electron chi connectivity index (χ0n) is 15.2. The zero-order chi connectivity index (χ0) is 15.8. The topological polar surface area (TPSA) is 18.5 Å². The van der Waals surface area contributed by atoms with Crippen LogP contribution in [0.3, 0.4) is 0 Å². The van der Waals surface area contributed by atoms with E-state index in [0.717, 1.165) is 31.0 Å². The van der Waals surface area contributed by atoms with Crippen LogP contribution in [0.1, 0.15) is 79.1 Å². The van der Waals surface area contributed by atoms with Crippen LogP contribution in [0.15, 0.2) is 0 Å². The van der Waals surface area contributed by atoms with Crippen LogP contribution in [-0.4, -0.2) is 24.9 Å². The summed E-state index contributed by atoms with van der Waals surface area (Å²) in [7, 11) is 0. The predicted molar refractivity (Wildman–Crippen MR) is 91.0 cm³/mol. The molecule has 0 atom stereocenters. The average Bonchev–Trinajstić information content (AvgIpc) is 2.46. The van der Waals surface area contributed by atoms with Crippen molar-refractivity contribution in [2.75, 3.05) is 13.2 Å². The first-order valence-electron chi connectivity index (χ1n) is 9.66. The normalized spacial score (nSPS) is 33.1. The van der Waals surface area contributed by atoms with Crippen molar-refractivity contribution >= 4 is 0 Å². The third-order valence-electron chi connectivity index (χ3n) is 6.98. The molecule has 0 aromatic carbocycles.